The molecule has 30 heavy (non-hydrogen) atoms. The van der Waals surface area contributed by atoms with Gasteiger partial charge in [-0.05, 0) is 25.1 Å². The third-order valence-corrected chi connectivity index (χ3v) is 4.40. The van der Waals surface area contributed by atoms with Crippen LogP contribution >= 0.6 is 0 Å². The zero-order valence-electron chi connectivity index (χ0n) is 16.9. The number of ether oxygens (including phenoxy) is 3. The molecule has 0 heterocycles. The van der Waals surface area contributed by atoms with Gasteiger partial charge in [0.1, 0.15) is 5.75 Å². The highest BCUT2D eigenvalue weighted by molar-refractivity contribution is 7.85. The predicted molar refractivity (Wildman–Crippen MR) is 111 cm³/mol. The van der Waals surface area contributed by atoms with Crippen molar-refractivity contribution in [1.29, 1.82) is 0 Å². The van der Waals surface area contributed by atoms with Crippen molar-refractivity contribution < 1.29 is 32.4 Å². The Morgan fingerprint density at radius 2 is 1.57 bits per heavy atom. The van der Waals surface area contributed by atoms with Crippen molar-refractivity contribution >= 4 is 22.3 Å². The van der Waals surface area contributed by atoms with Gasteiger partial charge < -0.3 is 19.9 Å². The maximum absolute atomic E-state index is 10.5. The fraction of sp³-hybridized carbons (Fsp3) is 0.222. The van der Waals surface area contributed by atoms with Crippen molar-refractivity contribution in [1.82, 2.24) is 5.48 Å². The van der Waals surface area contributed by atoms with E-state index in [2.05, 4.69) is 10.2 Å². The van der Waals surface area contributed by atoms with Gasteiger partial charge >= 0.3 is 0 Å². The number of nitrogens with zero attached hydrogens (tertiary/aromatic N) is 2. The minimum absolute atomic E-state index is 0.0666. The number of rotatable bonds is 6. The third kappa shape index (κ3) is 7.58. The average Bonchev–Trinajstić information content (AvgIpc) is 2.73. The number of aryl methyl sites for hydroxylation is 1. The van der Waals surface area contributed by atoms with E-state index in [1.807, 2.05) is 6.92 Å². The maximum atomic E-state index is 10.5. The summed E-state index contributed by atoms with van der Waals surface area (Å²) >= 11 is 0. The van der Waals surface area contributed by atoms with Gasteiger partial charge in [0.05, 0.1) is 32.4 Å². The molecule has 2 aromatic carbocycles. The summed E-state index contributed by atoms with van der Waals surface area (Å²) in [5, 5.41) is 15.6. The van der Waals surface area contributed by atoms with E-state index in [9.17, 15) is 8.42 Å². The van der Waals surface area contributed by atoms with E-state index in [4.69, 9.17) is 29.7 Å². The zero-order chi connectivity index (χ0) is 22.7. The first-order chi connectivity index (χ1) is 14.2. The van der Waals surface area contributed by atoms with Crippen LogP contribution in [0.1, 0.15) is 11.1 Å². The van der Waals surface area contributed by atoms with Crippen LogP contribution in [-0.2, 0) is 10.1 Å². The largest absolute Gasteiger partial charge is 0.496 e. The summed E-state index contributed by atoms with van der Waals surface area (Å²) in [7, 11) is 0.555. The molecule has 2 rings (SSSR count). The number of guanidine groups is 1. The fourth-order valence-electron chi connectivity index (χ4n) is 2.04. The van der Waals surface area contributed by atoms with Crippen LogP contribution in [0.5, 0.6) is 17.2 Å². The first-order valence-corrected chi connectivity index (χ1v) is 9.71. The highest BCUT2D eigenvalue weighted by Gasteiger charge is 2.10. The smallest absolute Gasteiger partial charge is 0.294 e. The number of benzene rings is 2. The van der Waals surface area contributed by atoms with Crippen LogP contribution in [0, 0.1) is 6.92 Å². The number of nitrogens with one attached hydrogen (secondary N) is 1. The van der Waals surface area contributed by atoms with Crippen molar-refractivity contribution in [3.63, 3.8) is 0 Å². The van der Waals surface area contributed by atoms with Gasteiger partial charge in [0.15, 0.2) is 11.5 Å². The van der Waals surface area contributed by atoms with Crippen molar-refractivity contribution in [2.75, 3.05) is 21.3 Å². The molecule has 0 spiro atoms. The highest BCUT2D eigenvalue weighted by Crippen LogP contribution is 2.33. The predicted octanol–water partition coefficient (Wildman–Crippen LogP) is 1.58. The molecule has 11 nitrogen and oxygen atoms in total. The van der Waals surface area contributed by atoms with Crippen molar-refractivity contribution in [3.05, 3.63) is 47.5 Å². The summed E-state index contributed by atoms with van der Waals surface area (Å²) < 4.78 is 45.1. The van der Waals surface area contributed by atoms with Crippen molar-refractivity contribution in [2.24, 2.45) is 15.9 Å². The summed E-state index contributed by atoms with van der Waals surface area (Å²) in [5.41, 5.74) is 8.44. The molecule has 0 amide bonds. The molecular formula is C18H24N4O7S. The molecule has 0 unspecified atom stereocenters. The van der Waals surface area contributed by atoms with Crippen LogP contribution in [0.4, 0.5) is 0 Å². The standard InChI is InChI=1S/C11H16N4O4.C7H8O3S/c1-17-8-5-10(19-3)9(18-2)4-7(8)6-13-14-11(12)15-16;1-6-2-4-7(5-3-6)11(8,9)10/h4-6,16H,1-3H3,(H3,12,14,15);2-5H,1H3,(H,8,9,10)/b13-6+;. The van der Waals surface area contributed by atoms with E-state index in [1.165, 1.54) is 39.7 Å². The van der Waals surface area contributed by atoms with E-state index in [-0.39, 0.29) is 10.9 Å². The second kappa shape index (κ2) is 11.6. The lowest BCUT2D eigenvalue weighted by Gasteiger charge is -2.11. The van der Waals surface area contributed by atoms with Crippen LogP contribution in [0.15, 0.2) is 51.5 Å². The first kappa shape index (κ1) is 24.7. The number of methoxy groups -OCH3 is 3. The van der Waals surface area contributed by atoms with E-state index in [1.54, 1.807) is 29.7 Å². The van der Waals surface area contributed by atoms with Crippen LogP contribution in [-0.4, -0.2) is 51.7 Å². The Bertz CT molecular complexity index is 990. The normalized spacial score (nSPS) is 11.5. The van der Waals surface area contributed by atoms with E-state index < -0.39 is 10.1 Å². The van der Waals surface area contributed by atoms with Crippen molar-refractivity contribution in [3.8, 4) is 17.2 Å². The molecule has 5 N–H and O–H groups in total. The molecule has 0 bridgehead atoms. The summed E-state index contributed by atoms with van der Waals surface area (Å²) in [6, 6.07) is 9.33. The SMILES string of the molecule is COc1cc(OC)c(OC)cc1/C=N/N=C(\N)NO.Cc1ccc(S(=O)(=O)O)cc1. The monoisotopic (exact) mass is 440 g/mol. The number of hydrogen-bond acceptors (Lipinski definition) is 8. The molecule has 0 saturated carbocycles. The first-order valence-electron chi connectivity index (χ1n) is 8.27. The van der Waals surface area contributed by atoms with Gasteiger partial charge in [-0.1, -0.05) is 17.7 Å². The lowest BCUT2D eigenvalue weighted by atomic mass is 10.2. The molecule has 12 heteroatoms. The van der Waals surface area contributed by atoms with Gasteiger partial charge in [-0.3, -0.25) is 9.76 Å². The minimum atomic E-state index is -4.02. The Morgan fingerprint density at radius 1 is 1.03 bits per heavy atom. The van der Waals surface area contributed by atoms with Crippen LogP contribution < -0.4 is 25.4 Å². The molecule has 0 aromatic heterocycles. The molecular weight excluding hydrogens is 416 g/mol. The quantitative estimate of drug-likeness (QED) is 0.226. The van der Waals surface area contributed by atoms with Gasteiger partial charge in [0, 0.05) is 11.6 Å². The zero-order valence-corrected chi connectivity index (χ0v) is 17.7. The molecule has 0 fully saturated rings. The third-order valence-electron chi connectivity index (χ3n) is 3.53. The average molecular weight is 440 g/mol. The maximum Gasteiger partial charge on any atom is 0.294 e. The van der Waals surface area contributed by atoms with E-state index in [0.29, 0.717) is 22.8 Å². The number of hydroxylamine groups is 1. The summed E-state index contributed by atoms with van der Waals surface area (Å²) in [4.78, 5) is -0.0666. The highest BCUT2D eigenvalue weighted by atomic mass is 32.2. The molecule has 0 radical (unpaired) electrons. The van der Waals surface area contributed by atoms with Gasteiger partial charge in [-0.15, -0.1) is 5.10 Å². The number of nitrogens with two attached hydrogens (primary N) is 1. The lowest BCUT2D eigenvalue weighted by Crippen LogP contribution is -2.27. The van der Waals surface area contributed by atoms with Gasteiger partial charge in [0.2, 0.25) is 5.96 Å². The summed E-state index contributed by atoms with van der Waals surface area (Å²) in [5.74, 6) is 1.38. The van der Waals surface area contributed by atoms with Crippen LogP contribution in [0.2, 0.25) is 0 Å². The molecule has 2 aromatic rings. The topological polar surface area (TPSA) is 165 Å². The lowest BCUT2D eigenvalue weighted by molar-refractivity contribution is 0.232. The van der Waals surface area contributed by atoms with Crippen LogP contribution in [0.3, 0.4) is 0 Å². The summed E-state index contributed by atoms with van der Waals surface area (Å²) in [6.45, 7) is 1.84. The van der Waals surface area contributed by atoms with E-state index >= 15 is 0 Å². The van der Waals surface area contributed by atoms with Crippen LogP contribution in [0.25, 0.3) is 0 Å². The molecule has 164 valence electrons. The Hall–Kier alpha value is -3.35. The minimum Gasteiger partial charge on any atom is -0.496 e. The molecule has 0 aliphatic heterocycles. The van der Waals surface area contributed by atoms with Crippen molar-refractivity contribution in [2.45, 2.75) is 11.8 Å². The van der Waals surface area contributed by atoms with Gasteiger partial charge in [0.25, 0.3) is 10.1 Å². The molecule has 0 atom stereocenters. The second-order valence-corrected chi connectivity index (χ2v) is 7.00. The Kier molecular flexibility index (Phi) is 9.55. The molecule has 0 aliphatic rings. The Labute approximate surface area is 174 Å². The number of hydrogen-bond donors (Lipinski definition) is 4. The second-order valence-electron chi connectivity index (χ2n) is 5.58. The fourth-order valence-corrected chi connectivity index (χ4v) is 2.52. The van der Waals surface area contributed by atoms with Gasteiger partial charge in [-0.2, -0.15) is 13.5 Å². The Balaban J connectivity index is 0.000000346. The van der Waals surface area contributed by atoms with E-state index in [0.717, 1.165) is 5.56 Å². The molecule has 0 aliphatic carbocycles. The van der Waals surface area contributed by atoms with Gasteiger partial charge in [-0.25, -0.2) is 5.48 Å². The molecule has 0 saturated heterocycles. The Morgan fingerprint density at radius 3 is 2.03 bits per heavy atom. The summed E-state index contributed by atoms with van der Waals surface area (Å²) in [6.07, 6.45) is 1.41.